The van der Waals surface area contributed by atoms with Crippen LogP contribution in [-0.4, -0.2) is 30.1 Å². The molecule has 1 heterocycles. The number of carboxylic acid groups (broad SMARTS) is 1. The summed E-state index contributed by atoms with van der Waals surface area (Å²) < 4.78 is 0. The molecule has 5 nitrogen and oxygen atoms in total. The molecule has 0 atom stereocenters. The minimum Gasteiger partial charge on any atom is -0.478 e. The van der Waals surface area contributed by atoms with E-state index in [9.17, 15) is 9.59 Å². The Morgan fingerprint density at radius 1 is 1.47 bits per heavy atom. The Labute approximate surface area is 104 Å². The first kappa shape index (κ1) is 13.7. The molecular weight excluding hydrogens is 240 g/mol. The molecule has 0 radical (unpaired) electrons. The van der Waals surface area contributed by atoms with Crippen LogP contribution >= 0.6 is 11.3 Å². The quantitative estimate of drug-likeness (QED) is 0.637. The Morgan fingerprint density at radius 2 is 2.24 bits per heavy atom. The van der Waals surface area contributed by atoms with E-state index in [4.69, 9.17) is 5.11 Å². The first-order valence-corrected chi connectivity index (χ1v) is 6.29. The van der Waals surface area contributed by atoms with Crippen LogP contribution in [-0.2, 0) is 11.3 Å². The van der Waals surface area contributed by atoms with E-state index in [1.165, 1.54) is 11.3 Å². The second-order valence-electron chi connectivity index (χ2n) is 3.49. The van der Waals surface area contributed by atoms with Gasteiger partial charge < -0.3 is 15.7 Å². The summed E-state index contributed by atoms with van der Waals surface area (Å²) in [7, 11) is 0. The zero-order valence-electron chi connectivity index (χ0n) is 9.66. The number of aromatic carboxylic acids is 1. The van der Waals surface area contributed by atoms with Crippen LogP contribution < -0.4 is 10.6 Å². The Morgan fingerprint density at radius 3 is 2.82 bits per heavy atom. The average Bonchev–Trinajstić information content (AvgIpc) is 2.73. The third kappa shape index (κ3) is 4.97. The number of nitrogens with one attached hydrogen (secondary N) is 2. The lowest BCUT2D eigenvalue weighted by Crippen LogP contribution is -2.27. The van der Waals surface area contributed by atoms with E-state index in [-0.39, 0.29) is 5.91 Å². The first-order valence-electron chi connectivity index (χ1n) is 5.41. The van der Waals surface area contributed by atoms with Crippen LogP contribution in [0.4, 0.5) is 0 Å². The highest BCUT2D eigenvalue weighted by Crippen LogP contribution is 2.14. The predicted octanol–water partition coefficient (Wildman–Crippen LogP) is 1.06. The normalized spacial score (nSPS) is 10.2. The maximum absolute atomic E-state index is 11.1. The second-order valence-corrected chi connectivity index (χ2v) is 4.48. The van der Waals surface area contributed by atoms with Crippen molar-refractivity contribution in [3.05, 3.63) is 21.9 Å². The lowest BCUT2D eigenvalue weighted by atomic mass is 10.3. The zero-order valence-corrected chi connectivity index (χ0v) is 10.5. The molecular formula is C11H16N2O3S. The molecule has 0 saturated carbocycles. The van der Waals surface area contributed by atoms with Gasteiger partial charge in [0.2, 0.25) is 5.91 Å². The fourth-order valence-electron chi connectivity index (χ4n) is 1.28. The zero-order chi connectivity index (χ0) is 12.7. The van der Waals surface area contributed by atoms with Gasteiger partial charge >= 0.3 is 5.97 Å². The Balaban J connectivity index is 2.22. The third-order valence-corrected chi connectivity index (χ3v) is 3.04. The van der Waals surface area contributed by atoms with Crippen LogP contribution in [0.3, 0.4) is 0 Å². The third-order valence-electron chi connectivity index (χ3n) is 2.10. The van der Waals surface area contributed by atoms with E-state index in [0.29, 0.717) is 31.6 Å². The van der Waals surface area contributed by atoms with Gasteiger partial charge in [0.1, 0.15) is 0 Å². The van der Waals surface area contributed by atoms with Gasteiger partial charge in [-0.05, 0) is 13.0 Å². The fourth-order valence-corrected chi connectivity index (χ4v) is 2.11. The number of hydrogen-bond donors (Lipinski definition) is 3. The molecule has 94 valence electrons. The molecule has 17 heavy (non-hydrogen) atoms. The molecule has 0 spiro atoms. The van der Waals surface area contributed by atoms with Crippen molar-refractivity contribution < 1.29 is 14.7 Å². The molecule has 0 saturated heterocycles. The molecule has 0 fully saturated rings. The summed E-state index contributed by atoms with van der Waals surface area (Å²) in [5, 5.41) is 16.2. The summed E-state index contributed by atoms with van der Waals surface area (Å²) in [4.78, 5) is 22.7. The minimum absolute atomic E-state index is 0.0254. The molecule has 6 heteroatoms. The van der Waals surface area contributed by atoms with Crippen molar-refractivity contribution in [2.24, 2.45) is 0 Å². The van der Waals surface area contributed by atoms with Crippen LogP contribution in [0.2, 0.25) is 0 Å². The maximum atomic E-state index is 11.1. The smallest absolute Gasteiger partial charge is 0.336 e. The molecule has 1 rings (SSSR count). The topological polar surface area (TPSA) is 78.4 Å². The van der Waals surface area contributed by atoms with E-state index in [1.807, 2.05) is 6.92 Å². The van der Waals surface area contributed by atoms with Gasteiger partial charge in [0.05, 0.1) is 5.56 Å². The van der Waals surface area contributed by atoms with Crippen LogP contribution in [0.5, 0.6) is 0 Å². The fraction of sp³-hybridized carbons (Fsp3) is 0.455. The number of carboxylic acids is 1. The highest BCUT2D eigenvalue weighted by atomic mass is 32.1. The van der Waals surface area contributed by atoms with Crippen molar-refractivity contribution in [3.63, 3.8) is 0 Å². The summed E-state index contributed by atoms with van der Waals surface area (Å²) in [6.45, 7) is 3.71. The van der Waals surface area contributed by atoms with Crippen LogP contribution in [0.25, 0.3) is 0 Å². The molecule has 1 aromatic heterocycles. The van der Waals surface area contributed by atoms with Gasteiger partial charge in [-0.15, -0.1) is 11.3 Å². The van der Waals surface area contributed by atoms with E-state index in [1.54, 1.807) is 11.4 Å². The number of carbonyl (C=O) groups is 2. The van der Waals surface area contributed by atoms with E-state index in [0.717, 1.165) is 4.88 Å². The number of amides is 1. The van der Waals surface area contributed by atoms with Crippen molar-refractivity contribution >= 4 is 23.2 Å². The van der Waals surface area contributed by atoms with Crippen molar-refractivity contribution in [3.8, 4) is 0 Å². The Bertz CT molecular complexity index is 390. The summed E-state index contributed by atoms with van der Waals surface area (Å²) in [6, 6.07) is 1.64. The number of hydrogen-bond acceptors (Lipinski definition) is 4. The van der Waals surface area contributed by atoms with Gasteiger partial charge in [0, 0.05) is 36.3 Å². The average molecular weight is 256 g/mol. The number of rotatable bonds is 7. The van der Waals surface area contributed by atoms with Crippen molar-refractivity contribution in [1.29, 1.82) is 0 Å². The molecule has 0 aliphatic heterocycles. The van der Waals surface area contributed by atoms with Crippen molar-refractivity contribution in [1.82, 2.24) is 10.6 Å². The SMILES string of the molecule is CCNC(=O)CCNCc1cc(C(=O)O)cs1. The minimum atomic E-state index is -0.908. The second kappa shape index (κ2) is 7.03. The molecule has 1 amide bonds. The first-order chi connectivity index (χ1) is 8.13. The molecule has 1 aromatic rings. The van der Waals surface area contributed by atoms with E-state index < -0.39 is 5.97 Å². The summed E-state index contributed by atoms with van der Waals surface area (Å²) in [5.41, 5.74) is 0.315. The van der Waals surface area contributed by atoms with Crippen molar-refractivity contribution in [2.45, 2.75) is 19.9 Å². The van der Waals surface area contributed by atoms with Gasteiger partial charge in [-0.25, -0.2) is 4.79 Å². The molecule has 0 unspecified atom stereocenters. The maximum Gasteiger partial charge on any atom is 0.336 e. The lowest BCUT2D eigenvalue weighted by Gasteiger charge is -2.03. The largest absolute Gasteiger partial charge is 0.478 e. The molecule has 0 bridgehead atoms. The lowest BCUT2D eigenvalue weighted by molar-refractivity contribution is -0.120. The summed E-state index contributed by atoms with van der Waals surface area (Å²) in [6.07, 6.45) is 0.436. The number of thiophene rings is 1. The van der Waals surface area contributed by atoms with Crippen LogP contribution in [0, 0.1) is 0 Å². The van der Waals surface area contributed by atoms with Crippen molar-refractivity contribution in [2.75, 3.05) is 13.1 Å². The number of carbonyl (C=O) groups excluding carboxylic acids is 1. The predicted molar refractivity (Wildman–Crippen MR) is 66.3 cm³/mol. The Kier molecular flexibility index (Phi) is 5.65. The Hall–Kier alpha value is -1.40. The van der Waals surface area contributed by atoms with Gasteiger partial charge in [-0.2, -0.15) is 0 Å². The van der Waals surface area contributed by atoms with Gasteiger partial charge in [0.15, 0.2) is 0 Å². The van der Waals surface area contributed by atoms with E-state index >= 15 is 0 Å². The van der Waals surface area contributed by atoms with Gasteiger partial charge in [-0.3, -0.25) is 4.79 Å². The standard InChI is InChI=1S/C11H16N2O3S/c1-2-13-10(14)3-4-12-6-9-5-8(7-17-9)11(15)16/h5,7,12H,2-4,6H2,1H3,(H,13,14)(H,15,16). The molecule has 0 aliphatic rings. The van der Waals surface area contributed by atoms with Crippen LogP contribution in [0.1, 0.15) is 28.6 Å². The summed E-state index contributed by atoms with van der Waals surface area (Å²) in [5.74, 6) is -0.882. The molecule has 0 aromatic carbocycles. The summed E-state index contributed by atoms with van der Waals surface area (Å²) >= 11 is 1.40. The van der Waals surface area contributed by atoms with Gasteiger partial charge in [-0.1, -0.05) is 0 Å². The molecule has 3 N–H and O–H groups in total. The monoisotopic (exact) mass is 256 g/mol. The molecule has 0 aliphatic carbocycles. The van der Waals surface area contributed by atoms with Gasteiger partial charge in [0.25, 0.3) is 0 Å². The highest BCUT2D eigenvalue weighted by Gasteiger charge is 2.06. The van der Waals surface area contributed by atoms with Crippen LogP contribution in [0.15, 0.2) is 11.4 Å². The van der Waals surface area contributed by atoms with E-state index in [2.05, 4.69) is 10.6 Å². The highest BCUT2D eigenvalue weighted by molar-refractivity contribution is 7.10.